The van der Waals surface area contributed by atoms with E-state index in [-0.39, 0.29) is 5.54 Å². The molecule has 1 aromatic rings. The zero-order valence-electron chi connectivity index (χ0n) is 11.6. The number of morpholine rings is 1. The van der Waals surface area contributed by atoms with Crippen LogP contribution in [0.15, 0.2) is 11.4 Å². The Morgan fingerprint density at radius 2 is 2.21 bits per heavy atom. The summed E-state index contributed by atoms with van der Waals surface area (Å²) in [5.41, 5.74) is 0.897. The molecular formula is C14H21N3OS. The minimum Gasteiger partial charge on any atom is -0.379 e. The first-order chi connectivity index (χ1) is 9.12. The molecule has 1 fully saturated rings. The maximum atomic E-state index is 8.79. The molecule has 104 valence electrons. The van der Waals surface area contributed by atoms with Crippen molar-refractivity contribution >= 4 is 11.3 Å². The minimum atomic E-state index is 0.138. The molecule has 0 radical (unpaired) electrons. The van der Waals surface area contributed by atoms with Crippen molar-refractivity contribution in [3.8, 4) is 6.07 Å². The first-order valence-electron chi connectivity index (χ1n) is 6.63. The lowest BCUT2D eigenvalue weighted by molar-refractivity contribution is -0.00965. The molecule has 0 aliphatic carbocycles. The highest BCUT2D eigenvalue weighted by Gasteiger charge is 2.27. The summed E-state index contributed by atoms with van der Waals surface area (Å²) in [6, 6.07) is 4.12. The van der Waals surface area contributed by atoms with Crippen LogP contribution in [-0.2, 0) is 11.3 Å². The van der Waals surface area contributed by atoms with Crippen LogP contribution in [0.5, 0.6) is 0 Å². The van der Waals surface area contributed by atoms with E-state index in [1.807, 2.05) is 11.4 Å². The number of nitrogens with one attached hydrogen (secondary N) is 1. The van der Waals surface area contributed by atoms with Gasteiger partial charge >= 0.3 is 0 Å². The molecule has 2 rings (SSSR count). The summed E-state index contributed by atoms with van der Waals surface area (Å²) in [7, 11) is 0. The van der Waals surface area contributed by atoms with Gasteiger partial charge in [0.1, 0.15) is 6.07 Å². The van der Waals surface area contributed by atoms with Gasteiger partial charge in [0.05, 0.1) is 18.8 Å². The van der Waals surface area contributed by atoms with Gasteiger partial charge in [0.25, 0.3) is 0 Å². The summed E-state index contributed by atoms with van der Waals surface area (Å²) in [5.74, 6) is 0. The maximum absolute atomic E-state index is 8.79. The Kier molecular flexibility index (Phi) is 4.94. The number of thiophene rings is 1. The van der Waals surface area contributed by atoms with E-state index in [9.17, 15) is 0 Å². The highest BCUT2D eigenvalue weighted by molar-refractivity contribution is 7.10. The van der Waals surface area contributed by atoms with Crippen molar-refractivity contribution in [2.45, 2.75) is 25.9 Å². The number of nitrogens with zero attached hydrogens (tertiary/aromatic N) is 2. The lowest BCUT2D eigenvalue weighted by Gasteiger charge is -2.41. The summed E-state index contributed by atoms with van der Waals surface area (Å²) >= 11 is 1.64. The van der Waals surface area contributed by atoms with E-state index in [0.29, 0.717) is 0 Å². The van der Waals surface area contributed by atoms with Crippen LogP contribution in [0.4, 0.5) is 0 Å². The van der Waals surface area contributed by atoms with E-state index in [2.05, 4.69) is 30.1 Å². The van der Waals surface area contributed by atoms with Gasteiger partial charge in [-0.2, -0.15) is 5.26 Å². The summed E-state index contributed by atoms with van der Waals surface area (Å²) in [6.45, 7) is 9.98. The number of ether oxygens (including phenoxy) is 1. The minimum absolute atomic E-state index is 0.138. The van der Waals surface area contributed by atoms with Crippen LogP contribution in [0.3, 0.4) is 0 Å². The van der Waals surface area contributed by atoms with Crippen molar-refractivity contribution in [2.24, 2.45) is 0 Å². The molecule has 1 aromatic heterocycles. The highest BCUT2D eigenvalue weighted by atomic mass is 32.1. The molecule has 4 nitrogen and oxygen atoms in total. The van der Waals surface area contributed by atoms with Crippen LogP contribution in [0.25, 0.3) is 0 Å². The second kappa shape index (κ2) is 6.49. The molecule has 5 heteroatoms. The molecule has 1 aliphatic heterocycles. The van der Waals surface area contributed by atoms with Crippen LogP contribution < -0.4 is 5.32 Å². The topological polar surface area (TPSA) is 48.3 Å². The Balaban J connectivity index is 1.79. The molecule has 2 heterocycles. The van der Waals surface area contributed by atoms with Crippen molar-refractivity contribution in [3.05, 3.63) is 21.9 Å². The standard InChI is InChI=1S/C14H21N3OS/c1-14(2,17-3-5-18-6-4-17)11-16-9-13-7-12(8-15)10-19-13/h7,10,16H,3-6,9,11H2,1-2H3. The van der Waals surface area contributed by atoms with Crippen molar-refractivity contribution in [1.29, 1.82) is 5.26 Å². The zero-order valence-corrected chi connectivity index (χ0v) is 12.4. The Morgan fingerprint density at radius 1 is 1.47 bits per heavy atom. The molecule has 0 amide bonds. The predicted molar refractivity (Wildman–Crippen MR) is 77.2 cm³/mol. The van der Waals surface area contributed by atoms with E-state index in [1.165, 1.54) is 4.88 Å². The summed E-state index contributed by atoms with van der Waals surface area (Å²) in [5, 5.41) is 14.2. The summed E-state index contributed by atoms with van der Waals surface area (Å²) in [6.07, 6.45) is 0. The average Bonchev–Trinajstić information content (AvgIpc) is 2.87. The van der Waals surface area contributed by atoms with Gasteiger partial charge in [-0.15, -0.1) is 11.3 Å². The van der Waals surface area contributed by atoms with Crippen LogP contribution >= 0.6 is 11.3 Å². The van der Waals surface area contributed by atoms with E-state index in [4.69, 9.17) is 10.00 Å². The smallest absolute Gasteiger partial charge is 0.100 e. The predicted octanol–water partition coefficient (Wildman–Crippen LogP) is 1.82. The van der Waals surface area contributed by atoms with Gasteiger partial charge in [0.15, 0.2) is 0 Å². The Labute approximate surface area is 119 Å². The third kappa shape index (κ3) is 4.02. The largest absolute Gasteiger partial charge is 0.379 e. The van der Waals surface area contributed by atoms with Crippen molar-refractivity contribution in [1.82, 2.24) is 10.2 Å². The fourth-order valence-corrected chi connectivity index (χ4v) is 3.08. The number of nitriles is 1. The fourth-order valence-electron chi connectivity index (χ4n) is 2.30. The molecule has 0 atom stereocenters. The lowest BCUT2D eigenvalue weighted by atomic mass is 10.0. The second-order valence-electron chi connectivity index (χ2n) is 5.43. The molecule has 19 heavy (non-hydrogen) atoms. The molecule has 0 spiro atoms. The van der Waals surface area contributed by atoms with E-state index < -0.39 is 0 Å². The monoisotopic (exact) mass is 279 g/mol. The van der Waals surface area contributed by atoms with E-state index in [1.54, 1.807) is 11.3 Å². The molecule has 0 saturated carbocycles. The fraction of sp³-hybridized carbons (Fsp3) is 0.643. The Hall–Kier alpha value is -0.930. The molecule has 1 aliphatic rings. The number of hydrogen-bond acceptors (Lipinski definition) is 5. The molecule has 0 unspecified atom stereocenters. The lowest BCUT2D eigenvalue weighted by Crippen LogP contribution is -2.54. The van der Waals surface area contributed by atoms with Crippen LogP contribution in [0, 0.1) is 11.3 Å². The quantitative estimate of drug-likeness (QED) is 0.893. The SMILES string of the molecule is CC(C)(CNCc1cc(C#N)cs1)N1CCOCC1. The molecule has 0 aromatic carbocycles. The molecular weight excluding hydrogens is 258 g/mol. The highest BCUT2D eigenvalue weighted by Crippen LogP contribution is 2.17. The van der Waals surface area contributed by atoms with E-state index in [0.717, 1.165) is 45.0 Å². The van der Waals surface area contributed by atoms with Crippen LogP contribution in [0.2, 0.25) is 0 Å². The van der Waals surface area contributed by atoms with Crippen molar-refractivity contribution < 1.29 is 4.74 Å². The van der Waals surface area contributed by atoms with Crippen LogP contribution in [-0.4, -0.2) is 43.3 Å². The van der Waals surface area contributed by atoms with E-state index >= 15 is 0 Å². The third-order valence-corrected chi connectivity index (χ3v) is 4.44. The van der Waals surface area contributed by atoms with Gasteiger partial charge in [-0.3, -0.25) is 4.90 Å². The third-order valence-electron chi connectivity index (χ3n) is 3.51. The van der Waals surface area contributed by atoms with Crippen molar-refractivity contribution in [3.63, 3.8) is 0 Å². The number of rotatable bonds is 5. The molecule has 0 bridgehead atoms. The normalized spacial score (nSPS) is 17.3. The van der Waals surface area contributed by atoms with Gasteiger partial charge in [0.2, 0.25) is 0 Å². The molecule has 1 saturated heterocycles. The number of hydrogen-bond donors (Lipinski definition) is 1. The second-order valence-corrected chi connectivity index (χ2v) is 6.42. The first kappa shape index (κ1) is 14.5. The molecule has 1 N–H and O–H groups in total. The summed E-state index contributed by atoms with van der Waals surface area (Å²) < 4.78 is 5.39. The zero-order chi connectivity index (χ0) is 13.7. The van der Waals surface area contributed by atoms with Gasteiger partial charge in [-0.1, -0.05) is 0 Å². The van der Waals surface area contributed by atoms with Gasteiger partial charge in [-0.25, -0.2) is 0 Å². The first-order valence-corrected chi connectivity index (χ1v) is 7.51. The van der Waals surface area contributed by atoms with Gasteiger partial charge in [-0.05, 0) is 19.9 Å². The van der Waals surface area contributed by atoms with Gasteiger partial charge in [0, 0.05) is 42.0 Å². The average molecular weight is 279 g/mol. The Morgan fingerprint density at radius 3 is 2.84 bits per heavy atom. The van der Waals surface area contributed by atoms with Crippen molar-refractivity contribution in [2.75, 3.05) is 32.8 Å². The maximum Gasteiger partial charge on any atom is 0.100 e. The summed E-state index contributed by atoms with van der Waals surface area (Å²) in [4.78, 5) is 3.69. The van der Waals surface area contributed by atoms with Gasteiger partial charge < -0.3 is 10.1 Å². The Bertz CT molecular complexity index is 444. The van der Waals surface area contributed by atoms with Crippen LogP contribution in [0.1, 0.15) is 24.3 Å².